The third-order valence-corrected chi connectivity index (χ3v) is 2.82. The van der Waals surface area contributed by atoms with Gasteiger partial charge in [0.2, 0.25) is 0 Å². The van der Waals surface area contributed by atoms with Crippen molar-refractivity contribution in [1.82, 2.24) is 10.2 Å². The second-order valence-electron chi connectivity index (χ2n) is 3.14. The summed E-state index contributed by atoms with van der Waals surface area (Å²) in [5.74, 6) is 0.867. The van der Waals surface area contributed by atoms with E-state index >= 15 is 0 Å². The summed E-state index contributed by atoms with van der Waals surface area (Å²) in [5.41, 5.74) is 0.369. The van der Waals surface area contributed by atoms with E-state index in [1.165, 1.54) is 6.20 Å². The maximum atomic E-state index is 8.88. The minimum Gasteiger partial charge on any atom is -0.437 e. The van der Waals surface area contributed by atoms with Crippen LogP contribution in [-0.2, 0) is 0 Å². The fourth-order valence-electron chi connectivity index (χ4n) is 1.23. The highest BCUT2D eigenvalue weighted by atomic mass is 32.2. The van der Waals surface area contributed by atoms with Crippen molar-refractivity contribution in [3.63, 3.8) is 0 Å². The minimum absolute atomic E-state index is 0.229. The second-order valence-corrected chi connectivity index (χ2v) is 4.02. The molecular weight excluding hydrogens is 234 g/mol. The summed E-state index contributed by atoms with van der Waals surface area (Å²) >= 11 is 1.66. The summed E-state index contributed by atoms with van der Waals surface area (Å²) in [4.78, 5) is 1.15. The predicted molar refractivity (Wildman–Crippen MR) is 65.0 cm³/mol. The Balaban J connectivity index is 2.23. The van der Waals surface area contributed by atoms with E-state index in [0.29, 0.717) is 11.3 Å². The van der Waals surface area contributed by atoms with Gasteiger partial charge in [-0.15, -0.1) is 16.9 Å². The molecule has 0 aliphatic rings. The molecule has 0 amide bonds. The van der Waals surface area contributed by atoms with Crippen LogP contribution in [0, 0.1) is 11.3 Å². The monoisotopic (exact) mass is 243 g/mol. The van der Waals surface area contributed by atoms with Crippen LogP contribution in [0.4, 0.5) is 0 Å². The molecule has 0 atom stereocenters. The molecule has 4 nitrogen and oxygen atoms in total. The van der Waals surface area contributed by atoms with Crippen molar-refractivity contribution in [3.8, 4) is 17.7 Å². The van der Waals surface area contributed by atoms with Crippen LogP contribution in [0.3, 0.4) is 0 Å². The van der Waals surface area contributed by atoms with Gasteiger partial charge in [-0.05, 0) is 36.6 Å². The zero-order valence-electron chi connectivity index (χ0n) is 9.12. The molecule has 5 heteroatoms. The van der Waals surface area contributed by atoms with Crippen molar-refractivity contribution in [2.24, 2.45) is 0 Å². The van der Waals surface area contributed by atoms with Gasteiger partial charge in [0.1, 0.15) is 17.4 Å². The summed E-state index contributed by atoms with van der Waals surface area (Å²) in [6, 6.07) is 11.1. The van der Waals surface area contributed by atoms with Crippen LogP contribution in [-0.4, -0.2) is 16.5 Å². The van der Waals surface area contributed by atoms with Crippen LogP contribution in [0.15, 0.2) is 41.4 Å². The molecule has 0 fully saturated rings. The quantitative estimate of drug-likeness (QED) is 0.776. The van der Waals surface area contributed by atoms with E-state index in [9.17, 15) is 0 Å². The number of nitrogens with zero attached hydrogens (tertiary/aromatic N) is 3. The van der Waals surface area contributed by atoms with Crippen molar-refractivity contribution < 1.29 is 4.74 Å². The van der Waals surface area contributed by atoms with Crippen molar-refractivity contribution in [2.45, 2.75) is 4.90 Å². The van der Waals surface area contributed by atoms with E-state index in [4.69, 9.17) is 10.00 Å². The molecule has 0 unspecified atom stereocenters. The highest BCUT2D eigenvalue weighted by molar-refractivity contribution is 7.98. The average molecular weight is 243 g/mol. The van der Waals surface area contributed by atoms with E-state index in [1.54, 1.807) is 17.8 Å². The van der Waals surface area contributed by atoms with Gasteiger partial charge in [-0.25, -0.2) is 0 Å². The fourth-order valence-corrected chi connectivity index (χ4v) is 1.64. The number of ether oxygens (including phenoxy) is 1. The number of nitriles is 1. The fraction of sp³-hybridized carbons (Fsp3) is 0.0833. The van der Waals surface area contributed by atoms with Crippen molar-refractivity contribution >= 4 is 11.8 Å². The molecule has 0 spiro atoms. The molecule has 17 heavy (non-hydrogen) atoms. The van der Waals surface area contributed by atoms with Crippen LogP contribution in [0.2, 0.25) is 0 Å². The maximum absolute atomic E-state index is 8.88. The Labute approximate surface area is 103 Å². The van der Waals surface area contributed by atoms with Gasteiger partial charge in [0.05, 0.1) is 6.20 Å². The number of hydrogen-bond acceptors (Lipinski definition) is 5. The van der Waals surface area contributed by atoms with Crippen LogP contribution < -0.4 is 4.74 Å². The smallest absolute Gasteiger partial charge is 0.256 e. The van der Waals surface area contributed by atoms with Crippen molar-refractivity contribution in [2.75, 3.05) is 6.26 Å². The lowest BCUT2D eigenvalue weighted by Crippen LogP contribution is -1.93. The topological polar surface area (TPSA) is 58.8 Å². The number of hydrogen-bond donors (Lipinski definition) is 0. The molecule has 0 saturated heterocycles. The lowest BCUT2D eigenvalue weighted by molar-refractivity contribution is 0.453. The normalized spacial score (nSPS) is 9.65. The first kappa shape index (κ1) is 11.4. The van der Waals surface area contributed by atoms with Gasteiger partial charge in [-0.3, -0.25) is 0 Å². The largest absolute Gasteiger partial charge is 0.437 e. The Kier molecular flexibility index (Phi) is 3.58. The summed E-state index contributed by atoms with van der Waals surface area (Å²) in [5, 5.41) is 16.4. The third kappa shape index (κ3) is 2.74. The van der Waals surface area contributed by atoms with Crippen LogP contribution in [0.5, 0.6) is 11.6 Å². The third-order valence-electron chi connectivity index (χ3n) is 2.08. The van der Waals surface area contributed by atoms with E-state index in [2.05, 4.69) is 10.2 Å². The van der Waals surface area contributed by atoms with Gasteiger partial charge < -0.3 is 4.74 Å². The number of rotatable bonds is 3. The summed E-state index contributed by atoms with van der Waals surface area (Å²) < 4.78 is 5.49. The van der Waals surface area contributed by atoms with Crippen molar-refractivity contribution in [1.29, 1.82) is 5.26 Å². The first-order valence-corrected chi connectivity index (χ1v) is 6.09. The van der Waals surface area contributed by atoms with Gasteiger partial charge in [-0.1, -0.05) is 0 Å². The second kappa shape index (κ2) is 5.32. The lowest BCUT2D eigenvalue weighted by Gasteiger charge is -2.05. The molecule has 2 aromatic rings. The van der Waals surface area contributed by atoms with Gasteiger partial charge in [0.15, 0.2) is 0 Å². The standard InChI is InChI=1S/C12H9N3OS/c1-17-11-4-2-10(3-5-11)16-12-9(8-13)6-7-14-15-12/h2-7H,1H3. The Morgan fingerprint density at radius 1 is 1.24 bits per heavy atom. The maximum Gasteiger partial charge on any atom is 0.256 e. The Bertz CT molecular complexity index is 548. The minimum atomic E-state index is 0.229. The van der Waals surface area contributed by atoms with Crippen LogP contribution in [0.1, 0.15) is 5.56 Å². The summed E-state index contributed by atoms with van der Waals surface area (Å²) in [6.45, 7) is 0. The average Bonchev–Trinajstić information content (AvgIpc) is 2.40. The summed E-state index contributed by atoms with van der Waals surface area (Å²) in [7, 11) is 0. The zero-order valence-corrected chi connectivity index (χ0v) is 9.94. The van der Waals surface area contributed by atoms with E-state index in [1.807, 2.05) is 36.6 Å². The first-order chi connectivity index (χ1) is 8.33. The van der Waals surface area contributed by atoms with Gasteiger partial charge in [0, 0.05) is 4.90 Å². The number of aromatic nitrogens is 2. The Hall–Kier alpha value is -2.06. The Morgan fingerprint density at radius 2 is 2.00 bits per heavy atom. The molecule has 0 aliphatic heterocycles. The van der Waals surface area contributed by atoms with Crippen LogP contribution in [0.25, 0.3) is 0 Å². The zero-order chi connectivity index (χ0) is 12.1. The molecule has 2 rings (SSSR count). The molecule has 0 aliphatic carbocycles. The van der Waals surface area contributed by atoms with Crippen LogP contribution >= 0.6 is 11.8 Å². The van der Waals surface area contributed by atoms with Gasteiger partial charge in [-0.2, -0.15) is 10.4 Å². The summed E-state index contributed by atoms with van der Waals surface area (Å²) in [6.07, 6.45) is 3.47. The molecule has 1 aromatic heterocycles. The first-order valence-electron chi connectivity index (χ1n) is 4.87. The van der Waals surface area contributed by atoms with Gasteiger partial charge >= 0.3 is 0 Å². The molecule has 0 N–H and O–H groups in total. The van der Waals surface area contributed by atoms with Gasteiger partial charge in [0.25, 0.3) is 5.88 Å². The SMILES string of the molecule is CSc1ccc(Oc2nnccc2C#N)cc1. The number of thioether (sulfide) groups is 1. The van der Waals surface area contributed by atoms with E-state index in [0.717, 1.165) is 4.90 Å². The molecule has 0 saturated carbocycles. The number of benzene rings is 1. The van der Waals surface area contributed by atoms with E-state index < -0.39 is 0 Å². The van der Waals surface area contributed by atoms with Crippen molar-refractivity contribution in [3.05, 3.63) is 42.1 Å². The molecular formula is C12H9N3OS. The molecule has 0 bridgehead atoms. The highest BCUT2D eigenvalue weighted by Gasteiger charge is 2.05. The van der Waals surface area contributed by atoms with E-state index in [-0.39, 0.29) is 5.88 Å². The predicted octanol–water partition coefficient (Wildman–Crippen LogP) is 2.86. The molecule has 0 radical (unpaired) electrons. The Morgan fingerprint density at radius 3 is 2.65 bits per heavy atom. The molecule has 1 heterocycles. The molecule has 1 aromatic carbocycles. The molecule has 84 valence electrons. The lowest BCUT2D eigenvalue weighted by atomic mass is 10.3. The highest BCUT2D eigenvalue weighted by Crippen LogP contribution is 2.24.